The predicted molar refractivity (Wildman–Crippen MR) is 62.5 cm³/mol. The lowest BCUT2D eigenvalue weighted by molar-refractivity contribution is -0.136. The average Bonchev–Trinajstić information content (AvgIpc) is 2.34. The smallest absolute Gasteiger partial charge is 0.389 e. The van der Waals surface area contributed by atoms with Crippen molar-refractivity contribution in [3.8, 4) is 11.5 Å². The second-order valence-corrected chi connectivity index (χ2v) is 4.09. The van der Waals surface area contributed by atoms with Crippen molar-refractivity contribution in [3.63, 3.8) is 0 Å². The number of hydrogen-bond donors (Lipinski definition) is 0. The quantitative estimate of drug-likeness (QED) is 0.541. The Balaban J connectivity index is 2.43. The molecule has 0 aliphatic rings. The van der Waals surface area contributed by atoms with Crippen LogP contribution in [0.5, 0.6) is 11.5 Å². The Morgan fingerprint density at radius 2 is 1.42 bits per heavy atom. The molecule has 1 aromatic rings. The minimum atomic E-state index is -4.25. The van der Waals surface area contributed by atoms with Crippen LogP contribution in [0, 0.1) is 0 Å². The molecule has 0 heterocycles. The fourth-order valence-corrected chi connectivity index (χ4v) is 1.38. The Labute approximate surface area is 107 Å². The predicted octanol–water partition coefficient (Wildman–Crippen LogP) is 2.18. The number of alkyl halides is 3. The van der Waals surface area contributed by atoms with Crippen molar-refractivity contribution >= 4 is 0 Å². The van der Waals surface area contributed by atoms with Crippen molar-refractivity contribution in [1.82, 2.24) is 0 Å². The molecule has 0 atom stereocenters. The summed E-state index contributed by atoms with van der Waals surface area (Å²) in [5.41, 5.74) is -1.61. The Morgan fingerprint density at radius 3 is 1.84 bits per heavy atom. The first-order chi connectivity index (χ1) is 8.87. The van der Waals surface area contributed by atoms with E-state index in [4.69, 9.17) is 9.47 Å². The SMILES string of the molecule is CCCCOc1c(OCCCC(F)(F)F)c(=O)c1=O. The summed E-state index contributed by atoms with van der Waals surface area (Å²) >= 11 is 0. The lowest BCUT2D eigenvalue weighted by Gasteiger charge is -2.13. The maximum atomic E-state index is 11.9. The maximum Gasteiger partial charge on any atom is 0.389 e. The molecule has 19 heavy (non-hydrogen) atoms. The van der Waals surface area contributed by atoms with Crippen LogP contribution in [0.15, 0.2) is 9.59 Å². The zero-order valence-electron chi connectivity index (χ0n) is 10.5. The first kappa shape index (κ1) is 15.5. The van der Waals surface area contributed by atoms with Gasteiger partial charge in [-0.15, -0.1) is 0 Å². The highest BCUT2D eigenvalue weighted by molar-refractivity contribution is 5.45. The molecule has 0 saturated carbocycles. The highest BCUT2D eigenvalue weighted by Crippen LogP contribution is 2.23. The van der Waals surface area contributed by atoms with E-state index in [1.54, 1.807) is 0 Å². The highest BCUT2D eigenvalue weighted by Gasteiger charge is 2.27. The molecule has 0 saturated heterocycles. The summed E-state index contributed by atoms with van der Waals surface area (Å²) in [5.74, 6) is -0.409. The molecule has 0 spiro atoms. The molecule has 0 N–H and O–H groups in total. The van der Waals surface area contributed by atoms with Gasteiger partial charge < -0.3 is 9.47 Å². The van der Waals surface area contributed by atoms with Crippen LogP contribution in [0.1, 0.15) is 32.6 Å². The zero-order valence-corrected chi connectivity index (χ0v) is 10.5. The standard InChI is InChI=1S/C12H15F3O4/c1-2-3-6-18-10-8(16)9(17)11(10)19-7-4-5-12(13,14)15/h2-7H2,1H3. The third-order valence-electron chi connectivity index (χ3n) is 2.42. The highest BCUT2D eigenvalue weighted by atomic mass is 19.4. The van der Waals surface area contributed by atoms with Gasteiger partial charge in [-0.1, -0.05) is 13.3 Å². The van der Waals surface area contributed by atoms with E-state index in [1.807, 2.05) is 6.92 Å². The molecule has 0 aromatic heterocycles. The van der Waals surface area contributed by atoms with Crippen molar-refractivity contribution in [3.05, 3.63) is 20.4 Å². The monoisotopic (exact) mass is 280 g/mol. The maximum absolute atomic E-state index is 11.9. The van der Waals surface area contributed by atoms with E-state index < -0.39 is 23.5 Å². The molecule has 108 valence electrons. The molecular formula is C12H15F3O4. The van der Waals surface area contributed by atoms with Crippen molar-refractivity contribution < 1.29 is 22.6 Å². The van der Waals surface area contributed by atoms with Crippen LogP contribution in [0.2, 0.25) is 0 Å². The van der Waals surface area contributed by atoms with E-state index >= 15 is 0 Å². The van der Waals surface area contributed by atoms with Gasteiger partial charge >= 0.3 is 6.18 Å². The van der Waals surface area contributed by atoms with Gasteiger partial charge in [0.2, 0.25) is 11.5 Å². The van der Waals surface area contributed by atoms with Crippen LogP contribution >= 0.6 is 0 Å². The van der Waals surface area contributed by atoms with Gasteiger partial charge in [0.25, 0.3) is 10.9 Å². The van der Waals surface area contributed by atoms with E-state index in [0.29, 0.717) is 6.42 Å². The third kappa shape index (κ3) is 4.57. The number of rotatable bonds is 8. The first-order valence-corrected chi connectivity index (χ1v) is 6.02. The summed E-state index contributed by atoms with van der Waals surface area (Å²) in [7, 11) is 0. The third-order valence-corrected chi connectivity index (χ3v) is 2.42. The molecule has 7 heteroatoms. The Kier molecular flexibility index (Phi) is 5.38. The molecule has 1 rings (SSSR count). The fourth-order valence-electron chi connectivity index (χ4n) is 1.38. The molecule has 0 amide bonds. The molecule has 0 aliphatic carbocycles. The van der Waals surface area contributed by atoms with Crippen molar-refractivity contribution in [2.45, 2.75) is 38.8 Å². The van der Waals surface area contributed by atoms with Crippen LogP contribution in [0.3, 0.4) is 0 Å². The van der Waals surface area contributed by atoms with Gasteiger partial charge in [0.1, 0.15) is 0 Å². The summed E-state index contributed by atoms with van der Waals surface area (Å²) in [5, 5.41) is 0. The topological polar surface area (TPSA) is 52.6 Å². The summed E-state index contributed by atoms with van der Waals surface area (Å²) in [6, 6.07) is 0. The normalized spacial score (nSPS) is 11.8. The zero-order chi connectivity index (χ0) is 14.5. The van der Waals surface area contributed by atoms with Crippen LogP contribution in [0.25, 0.3) is 0 Å². The first-order valence-electron chi connectivity index (χ1n) is 6.02. The van der Waals surface area contributed by atoms with E-state index in [2.05, 4.69) is 0 Å². The summed E-state index contributed by atoms with van der Waals surface area (Å²) in [6.07, 6.45) is -3.94. The number of ether oxygens (including phenoxy) is 2. The van der Waals surface area contributed by atoms with E-state index in [-0.39, 0.29) is 31.1 Å². The Morgan fingerprint density at radius 1 is 0.947 bits per heavy atom. The van der Waals surface area contributed by atoms with Crippen LogP contribution in [-0.4, -0.2) is 19.4 Å². The van der Waals surface area contributed by atoms with Gasteiger partial charge in [0.05, 0.1) is 13.2 Å². The van der Waals surface area contributed by atoms with Gasteiger partial charge in [0.15, 0.2) is 0 Å². The molecule has 0 fully saturated rings. The fraction of sp³-hybridized carbons (Fsp3) is 0.667. The van der Waals surface area contributed by atoms with Gasteiger partial charge in [-0.3, -0.25) is 9.59 Å². The minimum absolute atomic E-state index is 0.162. The van der Waals surface area contributed by atoms with E-state index in [9.17, 15) is 22.8 Å². The van der Waals surface area contributed by atoms with Gasteiger partial charge in [-0.05, 0) is 12.8 Å². The number of hydrogen-bond acceptors (Lipinski definition) is 4. The van der Waals surface area contributed by atoms with Crippen molar-refractivity contribution in [1.29, 1.82) is 0 Å². The van der Waals surface area contributed by atoms with Gasteiger partial charge in [-0.25, -0.2) is 0 Å². The largest absolute Gasteiger partial charge is 0.486 e. The minimum Gasteiger partial charge on any atom is -0.486 e. The van der Waals surface area contributed by atoms with E-state index in [1.165, 1.54) is 0 Å². The average molecular weight is 280 g/mol. The van der Waals surface area contributed by atoms with Gasteiger partial charge in [0, 0.05) is 6.42 Å². The summed E-state index contributed by atoms with van der Waals surface area (Å²) in [6.45, 7) is 1.94. The van der Waals surface area contributed by atoms with Crippen molar-refractivity contribution in [2.75, 3.05) is 13.2 Å². The number of unbranched alkanes of at least 4 members (excludes halogenated alkanes) is 1. The lowest BCUT2D eigenvalue weighted by atomic mass is 10.2. The molecule has 0 radical (unpaired) electrons. The molecule has 0 aliphatic heterocycles. The summed E-state index contributed by atoms with van der Waals surface area (Å²) < 4.78 is 45.6. The van der Waals surface area contributed by atoms with E-state index in [0.717, 1.165) is 6.42 Å². The summed E-state index contributed by atoms with van der Waals surface area (Å²) in [4.78, 5) is 22.3. The Hall–Kier alpha value is -1.53. The Bertz CT molecular complexity index is 472. The second kappa shape index (κ2) is 6.58. The number of halogens is 3. The van der Waals surface area contributed by atoms with Crippen molar-refractivity contribution in [2.24, 2.45) is 0 Å². The second-order valence-electron chi connectivity index (χ2n) is 4.09. The van der Waals surface area contributed by atoms with Crippen LogP contribution in [-0.2, 0) is 0 Å². The molecule has 4 nitrogen and oxygen atoms in total. The molecule has 1 aromatic carbocycles. The lowest BCUT2D eigenvalue weighted by Crippen LogP contribution is -2.34. The van der Waals surface area contributed by atoms with Gasteiger partial charge in [-0.2, -0.15) is 13.2 Å². The molecule has 0 bridgehead atoms. The molecule has 0 unspecified atom stereocenters. The van der Waals surface area contributed by atoms with Crippen LogP contribution < -0.4 is 20.3 Å². The molecular weight excluding hydrogens is 265 g/mol. The van der Waals surface area contributed by atoms with Crippen LogP contribution in [0.4, 0.5) is 13.2 Å².